The van der Waals surface area contributed by atoms with Crippen molar-refractivity contribution >= 4 is 22.9 Å². The fourth-order valence-corrected chi connectivity index (χ4v) is 2.96. The van der Waals surface area contributed by atoms with E-state index in [-0.39, 0.29) is 5.69 Å². The summed E-state index contributed by atoms with van der Waals surface area (Å²) in [5, 5.41) is 13.8. The smallest absolute Gasteiger partial charge is 0.269 e. The minimum atomic E-state index is -0.457. The number of hydrogen-bond donors (Lipinski definition) is 2. The van der Waals surface area contributed by atoms with Crippen LogP contribution >= 0.6 is 11.3 Å². The second-order valence-corrected chi connectivity index (χ2v) is 5.47. The summed E-state index contributed by atoms with van der Waals surface area (Å²) in [7, 11) is 0. The van der Waals surface area contributed by atoms with Crippen LogP contribution in [0.5, 0.6) is 0 Å². The summed E-state index contributed by atoms with van der Waals surface area (Å²) in [4.78, 5) is 23.1. The number of hydrogen-bond acceptors (Lipinski definition) is 5. The van der Waals surface area contributed by atoms with E-state index in [0.717, 1.165) is 22.5 Å². The number of non-ortho nitro benzene ring substituents is 1. The number of carbonyl (C=O) groups excluding carboxylic acids is 1. The van der Waals surface area contributed by atoms with E-state index in [4.69, 9.17) is 5.73 Å². The Labute approximate surface area is 125 Å². The first-order valence-corrected chi connectivity index (χ1v) is 7.22. The van der Waals surface area contributed by atoms with E-state index >= 15 is 0 Å². The number of carbonyl (C=O) groups is 1. The molecule has 0 atom stereocenters. The van der Waals surface area contributed by atoms with Crippen LogP contribution in [0.3, 0.4) is 0 Å². The molecule has 0 fully saturated rings. The van der Waals surface area contributed by atoms with E-state index in [1.54, 1.807) is 12.1 Å². The van der Waals surface area contributed by atoms with Crippen LogP contribution in [0.2, 0.25) is 0 Å². The first kappa shape index (κ1) is 15.1. The molecule has 1 aromatic heterocycles. The number of benzene rings is 1. The molecule has 1 amide bonds. The van der Waals surface area contributed by atoms with Crippen LogP contribution in [0.4, 0.5) is 5.69 Å². The first-order chi connectivity index (χ1) is 10.0. The molecule has 7 heteroatoms. The van der Waals surface area contributed by atoms with Gasteiger partial charge in [-0.1, -0.05) is 6.92 Å². The van der Waals surface area contributed by atoms with Crippen molar-refractivity contribution in [3.05, 3.63) is 50.9 Å². The third-order valence-corrected chi connectivity index (χ3v) is 4.20. The van der Waals surface area contributed by atoms with Gasteiger partial charge in [0, 0.05) is 23.6 Å². The number of primary amides is 1. The molecule has 0 spiro atoms. The standard InChI is InChI=1S/C14H15N3O3S/c1-2-16-8-10-7-12(21-13(10)14(15)18)9-3-5-11(6-4-9)17(19)20/h3-7,16H,2,8H2,1H3,(H2,15,18). The minimum Gasteiger partial charge on any atom is -0.365 e. The average Bonchev–Trinajstić information content (AvgIpc) is 2.89. The Bertz CT molecular complexity index is 665. The normalized spacial score (nSPS) is 10.5. The summed E-state index contributed by atoms with van der Waals surface area (Å²) < 4.78 is 0. The van der Waals surface area contributed by atoms with Gasteiger partial charge in [0.1, 0.15) is 0 Å². The molecule has 1 heterocycles. The van der Waals surface area contributed by atoms with Gasteiger partial charge in [0.05, 0.1) is 9.80 Å². The number of nitro groups is 1. The molecule has 110 valence electrons. The molecule has 0 aliphatic heterocycles. The van der Waals surface area contributed by atoms with Crippen molar-refractivity contribution in [1.29, 1.82) is 0 Å². The number of nitrogens with two attached hydrogens (primary N) is 1. The lowest BCUT2D eigenvalue weighted by atomic mass is 10.1. The van der Waals surface area contributed by atoms with Crippen LogP contribution in [0.25, 0.3) is 10.4 Å². The molecular formula is C14H15N3O3S. The summed E-state index contributed by atoms with van der Waals surface area (Å²) in [5.41, 5.74) is 7.12. The van der Waals surface area contributed by atoms with Crippen molar-refractivity contribution in [2.75, 3.05) is 6.54 Å². The lowest BCUT2D eigenvalue weighted by Gasteiger charge is -2.00. The minimum absolute atomic E-state index is 0.0401. The average molecular weight is 305 g/mol. The van der Waals surface area contributed by atoms with Crippen molar-refractivity contribution in [3.63, 3.8) is 0 Å². The van der Waals surface area contributed by atoms with Crippen LogP contribution in [0.15, 0.2) is 30.3 Å². The second kappa shape index (κ2) is 6.47. The largest absolute Gasteiger partial charge is 0.365 e. The number of nitro benzene ring substituents is 1. The molecule has 0 radical (unpaired) electrons. The highest BCUT2D eigenvalue weighted by Gasteiger charge is 2.15. The molecule has 0 unspecified atom stereocenters. The van der Waals surface area contributed by atoms with E-state index in [1.165, 1.54) is 23.5 Å². The number of rotatable bonds is 6. The van der Waals surface area contributed by atoms with Gasteiger partial charge in [0.25, 0.3) is 11.6 Å². The maximum absolute atomic E-state index is 11.5. The van der Waals surface area contributed by atoms with Crippen LogP contribution in [-0.4, -0.2) is 17.4 Å². The predicted molar refractivity (Wildman–Crippen MR) is 82.3 cm³/mol. The van der Waals surface area contributed by atoms with Crippen LogP contribution in [0, 0.1) is 10.1 Å². The zero-order valence-electron chi connectivity index (χ0n) is 11.5. The van der Waals surface area contributed by atoms with E-state index in [1.807, 2.05) is 13.0 Å². The predicted octanol–water partition coefficient (Wildman–Crippen LogP) is 2.53. The van der Waals surface area contributed by atoms with E-state index in [2.05, 4.69) is 5.32 Å². The Morgan fingerprint density at radius 3 is 2.57 bits per heavy atom. The first-order valence-electron chi connectivity index (χ1n) is 6.41. The molecule has 0 saturated carbocycles. The Morgan fingerprint density at radius 1 is 1.38 bits per heavy atom. The molecule has 2 rings (SSSR count). The molecule has 3 N–H and O–H groups in total. The highest BCUT2D eigenvalue weighted by Crippen LogP contribution is 2.32. The topological polar surface area (TPSA) is 98.3 Å². The summed E-state index contributed by atoms with van der Waals surface area (Å²) in [6.07, 6.45) is 0. The van der Waals surface area contributed by atoms with Crippen LogP contribution < -0.4 is 11.1 Å². The molecule has 0 aliphatic rings. The lowest BCUT2D eigenvalue weighted by Crippen LogP contribution is -2.16. The van der Waals surface area contributed by atoms with Gasteiger partial charge in [-0.3, -0.25) is 14.9 Å². The fraction of sp³-hybridized carbons (Fsp3) is 0.214. The van der Waals surface area contributed by atoms with Gasteiger partial charge in [-0.2, -0.15) is 0 Å². The zero-order valence-corrected chi connectivity index (χ0v) is 12.3. The second-order valence-electron chi connectivity index (χ2n) is 4.41. The lowest BCUT2D eigenvalue weighted by molar-refractivity contribution is -0.384. The number of amides is 1. The van der Waals surface area contributed by atoms with Gasteiger partial charge < -0.3 is 11.1 Å². The van der Waals surface area contributed by atoms with Gasteiger partial charge in [-0.15, -0.1) is 11.3 Å². The van der Waals surface area contributed by atoms with Gasteiger partial charge in [-0.05, 0) is 35.9 Å². The van der Waals surface area contributed by atoms with Crippen molar-refractivity contribution in [2.45, 2.75) is 13.5 Å². The molecule has 0 saturated heterocycles. The number of nitrogens with one attached hydrogen (secondary N) is 1. The van der Waals surface area contributed by atoms with E-state index < -0.39 is 10.8 Å². The van der Waals surface area contributed by atoms with Gasteiger partial charge in [-0.25, -0.2) is 0 Å². The number of nitrogens with zero attached hydrogens (tertiary/aromatic N) is 1. The Balaban J connectivity index is 2.35. The summed E-state index contributed by atoms with van der Waals surface area (Å²) in [6.45, 7) is 3.34. The third-order valence-electron chi connectivity index (χ3n) is 2.96. The molecule has 1 aromatic carbocycles. The molecule has 0 aliphatic carbocycles. The SMILES string of the molecule is CCNCc1cc(-c2ccc([N+](=O)[O-])cc2)sc1C(N)=O. The van der Waals surface area contributed by atoms with Gasteiger partial charge >= 0.3 is 0 Å². The Hall–Kier alpha value is -2.25. The maximum Gasteiger partial charge on any atom is 0.269 e. The summed E-state index contributed by atoms with van der Waals surface area (Å²) in [6, 6.07) is 8.14. The quantitative estimate of drug-likeness (QED) is 0.633. The van der Waals surface area contributed by atoms with Crippen molar-refractivity contribution in [1.82, 2.24) is 5.32 Å². The highest BCUT2D eigenvalue weighted by atomic mass is 32.1. The molecule has 6 nitrogen and oxygen atoms in total. The van der Waals surface area contributed by atoms with Crippen molar-refractivity contribution in [3.8, 4) is 10.4 Å². The van der Waals surface area contributed by atoms with Crippen molar-refractivity contribution in [2.24, 2.45) is 5.73 Å². The van der Waals surface area contributed by atoms with Gasteiger partial charge in [0.2, 0.25) is 0 Å². The molecule has 0 bridgehead atoms. The fourth-order valence-electron chi connectivity index (χ4n) is 1.92. The van der Waals surface area contributed by atoms with E-state index in [9.17, 15) is 14.9 Å². The van der Waals surface area contributed by atoms with E-state index in [0.29, 0.717) is 11.4 Å². The third kappa shape index (κ3) is 3.45. The zero-order chi connectivity index (χ0) is 15.4. The Kier molecular flexibility index (Phi) is 4.66. The molecule has 2 aromatic rings. The summed E-state index contributed by atoms with van der Waals surface area (Å²) in [5.74, 6) is -0.457. The van der Waals surface area contributed by atoms with Crippen molar-refractivity contribution < 1.29 is 9.72 Å². The van der Waals surface area contributed by atoms with Crippen LogP contribution in [0.1, 0.15) is 22.2 Å². The maximum atomic E-state index is 11.5. The number of thiophene rings is 1. The highest BCUT2D eigenvalue weighted by molar-refractivity contribution is 7.17. The monoisotopic (exact) mass is 305 g/mol. The molecular weight excluding hydrogens is 290 g/mol. The molecule has 21 heavy (non-hydrogen) atoms. The summed E-state index contributed by atoms with van der Waals surface area (Å²) >= 11 is 1.30. The van der Waals surface area contributed by atoms with Gasteiger partial charge in [0.15, 0.2) is 0 Å². The van der Waals surface area contributed by atoms with Crippen LogP contribution in [-0.2, 0) is 6.54 Å². The Morgan fingerprint density at radius 2 is 2.05 bits per heavy atom.